The summed E-state index contributed by atoms with van der Waals surface area (Å²) in [4.78, 5) is 0. The Bertz CT molecular complexity index is 497. The van der Waals surface area contributed by atoms with Crippen LogP contribution in [0.1, 0.15) is 11.1 Å². The van der Waals surface area contributed by atoms with Crippen LogP contribution in [-0.4, -0.2) is 29.9 Å². The quantitative estimate of drug-likeness (QED) is 0.248. The van der Waals surface area contributed by atoms with Crippen molar-refractivity contribution in [3.05, 3.63) is 34.3 Å². The highest BCUT2D eigenvalue weighted by Crippen LogP contribution is 2.22. The second kappa shape index (κ2) is 6.76. The second-order valence-corrected chi connectivity index (χ2v) is 4.36. The summed E-state index contributed by atoms with van der Waals surface area (Å²) in [5.74, 6) is -4.25. The largest absolute Gasteiger partial charge is 0.409 e. The van der Waals surface area contributed by atoms with Crippen LogP contribution in [0.15, 0.2) is 23.4 Å². The number of halogens is 5. The molecule has 0 unspecified atom stereocenters. The minimum Gasteiger partial charge on any atom is -0.409 e. The van der Waals surface area contributed by atoms with E-state index in [2.05, 4.69) is 10.5 Å². The van der Waals surface area contributed by atoms with E-state index in [-0.39, 0.29) is 17.4 Å². The number of oxime groups is 1. The molecule has 0 amide bonds. The molecule has 1 rings (SSSR count). The van der Waals surface area contributed by atoms with Gasteiger partial charge in [0.25, 0.3) is 0 Å². The summed E-state index contributed by atoms with van der Waals surface area (Å²) >= 11 is 5.88. The van der Waals surface area contributed by atoms with Gasteiger partial charge in [0.05, 0.1) is 6.54 Å². The predicted octanol–water partition coefficient (Wildman–Crippen LogP) is 2.42. The Hall–Kier alpha value is -1.54. The molecule has 0 fully saturated rings. The summed E-state index contributed by atoms with van der Waals surface area (Å²) in [6.07, 6.45) is -3.73. The van der Waals surface area contributed by atoms with E-state index in [0.717, 1.165) is 0 Å². The van der Waals surface area contributed by atoms with Gasteiger partial charge in [-0.25, -0.2) is 8.78 Å². The van der Waals surface area contributed by atoms with Gasteiger partial charge in [-0.1, -0.05) is 28.9 Å². The van der Waals surface area contributed by atoms with Crippen LogP contribution in [0, 0.1) is 0 Å². The normalized spacial score (nSPS) is 13.0. The Kier molecular flexibility index (Phi) is 5.58. The topological polar surface area (TPSA) is 70.6 Å². The molecule has 0 saturated heterocycles. The van der Waals surface area contributed by atoms with E-state index >= 15 is 0 Å². The maximum Gasteiger partial charge on any atom is 0.319 e. The zero-order chi connectivity index (χ0) is 15.3. The maximum atomic E-state index is 12.7. The van der Waals surface area contributed by atoms with Gasteiger partial charge in [0.1, 0.15) is 0 Å². The molecule has 0 heterocycles. The molecule has 0 aromatic heterocycles. The number of hydrogen-bond donors (Lipinski definition) is 3. The first kappa shape index (κ1) is 16.5. The molecule has 0 atom stereocenters. The van der Waals surface area contributed by atoms with Gasteiger partial charge in [0, 0.05) is 17.1 Å². The lowest BCUT2D eigenvalue weighted by Crippen LogP contribution is -2.38. The first-order valence-corrected chi connectivity index (χ1v) is 5.78. The van der Waals surface area contributed by atoms with Crippen LogP contribution < -0.4 is 11.1 Å². The van der Waals surface area contributed by atoms with Crippen molar-refractivity contribution in [3.63, 3.8) is 0 Å². The monoisotopic (exact) mass is 313 g/mol. The average Bonchev–Trinajstić information content (AvgIpc) is 2.39. The van der Waals surface area contributed by atoms with Crippen molar-refractivity contribution in [2.45, 2.75) is 18.9 Å². The molecule has 4 nitrogen and oxygen atoms in total. The van der Waals surface area contributed by atoms with Crippen molar-refractivity contribution >= 4 is 17.4 Å². The van der Waals surface area contributed by atoms with Gasteiger partial charge >= 0.3 is 12.3 Å². The standard InChI is InChI=1S/C11H12ClF4N3O/c12-8-3-6(9(17)19-20)1-2-7(8)4-18-5-11(15,16)10(13)14/h1-3,10,18,20H,4-5H2,(H2,17,19). The third-order valence-corrected chi connectivity index (χ3v) is 2.80. The van der Waals surface area contributed by atoms with E-state index in [0.29, 0.717) is 11.1 Å². The van der Waals surface area contributed by atoms with Crippen molar-refractivity contribution < 1.29 is 22.8 Å². The molecule has 4 N–H and O–H groups in total. The lowest BCUT2D eigenvalue weighted by molar-refractivity contribution is -0.125. The molecular formula is C11H12ClF4N3O. The van der Waals surface area contributed by atoms with Crippen LogP contribution in [-0.2, 0) is 6.54 Å². The zero-order valence-corrected chi connectivity index (χ0v) is 10.8. The molecule has 0 aliphatic carbocycles. The minimum absolute atomic E-state index is 0.113. The molecule has 0 aliphatic heterocycles. The molecular weight excluding hydrogens is 302 g/mol. The molecule has 0 radical (unpaired) electrons. The molecule has 9 heteroatoms. The van der Waals surface area contributed by atoms with Crippen molar-refractivity contribution in [3.8, 4) is 0 Å². The summed E-state index contributed by atoms with van der Waals surface area (Å²) < 4.78 is 49.2. The minimum atomic E-state index is -4.10. The molecule has 20 heavy (non-hydrogen) atoms. The van der Waals surface area contributed by atoms with Gasteiger partial charge in [-0.05, 0) is 11.6 Å². The third kappa shape index (κ3) is 4.24. The molecule has 0 aliphatic rings. The van der Waals surface area contributed by atoms with E-state index < -0.39 is 18.9 Å². The van der Waals surface area contributed by atoms with Gasteiger partial charge in [-0.3, -0.25) is 0 Å². The average molecular weight is 314 g/mol. The summed E-state index contributed by atoms with van der Waals surface area (Å²) in [5, 5.41) is 13.6. The fraction of sp³-hybridized carbons (Fsp3) is 0.364. The zero-order valence-electron chi connectivity index (χ0n) is 10.1. The summed E-state index contributed by atoms with van der Waals surface area (Å²) in [5.41, 5.74) is 6.12. The van der Waals surface area contributed by atoms with Crippen LogP contribution in [0.25, 0.3) is 0 Å². The first-order chi connectivity index (χ1) is 9.27. The Labute approximate surface area is 117 Å². The van der Waals surface area contributed by atoms with Crippen LogP contribution in [0.3, 0.4) is 0 Å². The van der Waals surface area contributed by atoms with Crippen molar-refractivity contribution in [1.29, 1.82) is 0 Å². The maximum absolute atomic E-state index is 12.7. The molecule has 0 bridgehead atoms. The van der Waals surface area contributed by atoms with Crippen LogP contribution >= 0.6 is 11.6 Å². The highest BCUT2D eigenvalue weighted by Gasteiger charge is 2.39. The third-order valence-electron chi connectivity index (χ3n) is 2.45. The fourth-order valence-corrected chi connectivity index (χ4v) is 1.60. The molecule has 1 aromatic carbocycles. The number of rotatable bonds is 6. The van der Waals surface area contributed by atoms with Crippen molar-refractivity contribution in [2.24, 2.45) is 10.9 Å². The Morgan fingerprint density at radius 2 is 2.10 bits per heavy atom. The smallest absolute Gasteiger partial charge is 0.319 e. The highest BCUT2D eigenvalue weighted by molar-refractivity contribution is 6.31. The number of nitrogens with one attached hydrogen (secondary N) is 1. The number of nitrogens with two attached hydrogens (primary N) is 1. The Morgan fingerprint density at radius 1 is 1.45 bits per heavy atom. The van der Waals surface area contributed by atoms with Gasteiger partial charge in [0.2, 0.25) is 0 Å². The number of amidine groups is 1. The van der Waals surface area contributed by atoms with Crippen LogP contribution in [0.5, 0.6) is 0 Å². The van der Waals surface area contributed by atoms with E-state index in [1.165, 1.54) is 18.2 Å². The molecule has 0 saturated carbocycles. The number of hydrogen-bond acceptors (Lipinski definition) is 3. The Morgan fingerprint density at radius 3 is 2.60 bits per heavy atom. The van der Waals surface area contributed by atoms with Crippen LogP contribution in [0.2, 0.25) is 5.02 Å². The first-order valence-electron chi connectivity index (χ1n) is 5.41. The lowest BCUT2D eigenvalue weighted by atomic mass is 10.1. The molecule has 112 valence electrons. The van der Waals surface area contributed by atoms with Crippen molar-refractivity contribution in [1.82, 2.24) is 5.32 Å². The SMILES string of the molecule is N/C(=N/O)c1ccc(CNCC(F)(F)C(F)F)c(Cl)c1. The number of benzene rings is 1. The highest BCUT2D eigenvalue weighted by atomic mass is 35.5. The summed E-state index contributed by atoms with van der Waals surface area (Å²) in [6.45, 7) is -1.28. The second-order valence-electron chi connectivity index (χ2n) is 3.96. The van der Waals surface area contributed by atoms with E-state index in [1.807, 2.05) is 0 Å². The van der Waals surface area contributed by atoms with Crippen molar-refractivity contribution in [2.75, 3.05) is 6.54 Å². The van der Waals surface area contributed by atoms with E-state index in [1.54, 1.807) is 0 Å². The van der Waals surface area contributed by atoms with Gasteiger partial charge in [0.15, 0.2) is 5.84 Å². The molecule has 0 spiro atoms. The van der Waals surface area contributed by atoms with Gasteiger partial charge < -0.3 is 16.3 Å². The van der Waals surface area contributed by atoms with E-state index in [9.17, 15) is 17.6 Å². The summed E-state index contributed by atoms with van der Waals surface area (Å²) in [7, 11) is 0. The predicted molar refractivity (Wildman–Crippen MR) is 66.6 cm³/mol. The fourth-order valence-electron chi connectivity index (χ4n) is 1.35. The number of nitrogens with zero attached hydrogens (tertiary/aromatic N) is 1. The number of alkyl halides is 4. The van der Waals surface area contributed by atoms with E-state index in [4.69, 9.17) is 22.5 Å². The summed E-state index contributed by atoms with van der Waals surface area (Å²) in [6, 6.07) is 4.30. The van der Waals surface area contributed by atoms with Gasteiger partial charge in [-0.15, -0.1) is 0 Å². The van der Waals surface area contributed by atoms with Crippen LogP contribution in [0.4, 0.5) is 17.6 Å². The van der Waals surface area contributed by atoms with Gasteiger partial charge in [-0.2, -0.15) is 8.78 Å². The Balaban J connectivity index is 2.66. The molecule has 1 aromatic rings. The lowest BCUT2D eigenvalue weighted by Gasteiger charge is -2.16.